The molecule has 1 N–H and O–H groups in total. The molecule has 0 heterocycles. The molecule has 0 aromatic carbocycles. The lowest BCUT2D eigenvalue weighted by Gasteiger charge is -2.24. The van der Waals surface area contributed by atoms with Gasteiger partial charge in [-0.1, -0.05) is 266 Å². The molecule has 0 saturated carbocycles. The molecule has 0 amide bonds. The number of hydrogen-bond donors (Lipinski definition) is 1. The maximum atomic E-state index is 12.8. The second kappa shape index (κ2) is 58.8. The van der Waals surface area contributed by atoms with Gasteiger partial charge in [-0.15, -0.1) is 0 Å². The third-order valence-corrected chi connectivity index (χ3v) is 14.9. The summed E-state index contributed by atoms with van der Waals surface area (Å²) < 4.78 is 34.5. The third-order valence-electron chi connectivity index (χ3n) is 13.9. The van der Waals surface area contributed by atoms with E-state index in [1.54, 1.807) is 0 Å². The van der Waals surface area contributed by atoms with Crippen molar-refractivity contribution >= 4 is 19.8 Å². The van der Waals surface area contributed by atoms with Crippen LogP contribution >= 0.6 is 7.82 Å². The van der Waals surface area contributed by atoms with Gasteiger partial charge in [0.15, 0.2) is 6.10 Å². The molecule has 0 aliphatic heterocycles. The first-order valence-electron chi connectivity index (χ1n) is 32.3. The molecule has 0 bridgehead atoms. The summed E-state index contributed by atoms with van der Waals surface area (Å²) in [5.41, 5.74) is 0. The Morgan fingerprint density at radius 1 is 0.410 bits per heavy atom. The van der Waals surface area contributed by atoms with Gasteiger partial charge in [0.1, 0.15) is 19.8 Å². The van der Waals surface area contributed by atoms with Crippen LogP contribution in [0.1, 0.15) is 284 Å². The molecule has 0 aliphatic carbocycles. The SMILES string of the molecule is CC/C=C\C/C=C\C/C=C\C/C=C\C/C=C\C/C=C\CCCCCCCCCCCCCCCCCCCCCCCCC(=O)OC(COC(=O)CCCCCCC/C=C\CCCCCC)COP(=O)(O)OCC[N+](C)(C)C. The van der Waals surface area contributed by atoms with Crippen LogP contribution < -0.4 is 0 Å². The van der Waals surface area contributed by atoms with Crippen molar-refractivity contribution in [2.45, 2.75) is 290 Å². The number of allylic oxidation sites excluding steroid dienone is 14. The van der Waals surface area contributed by atoms with E-state index in [0.29, 0.717) is 17.4 Å². The number of carbonyl (C=O) groups excluding carboxylic acids is 2. The Hall–Kier alpha value is -2.81. The van der Waals surface area contributed by atoms with E-state index in [0.717, 1.165) is 89.9 Å². The summed E-state index contributed by atoms with van der Waals surface area (Å²) in [6, 6.07) is 0. The highest BCUT2D eigenvalue weighted by Crippen LogP contribution is 2.43. The van der Waals surface area contributed by atoms with Crippen LogP contribution in [0.15, 0.2) is 85.1 Å². The van der Waals surface area contributed by atoms with E-state index in [-0.39, 0.29) is 32.0 Å². The highest BCUT2D eigenvalue weighted by molar-refractivity contribution is 7.47. The van der Waals surface area contributed by atoms with Crippen LogP contribution in [0.5, 0.6) is 0 Å². The van der Waals surface area contributed by atoms with Crippen molar-refractivity contribution in [2.75, 3.05) is 47.5 Å². The van der Waals surface area contributed by atoms with Crippen molar-refractivity contribution in [1.29, 1.82) is 0 Å². The highest BCUT2D eigenvalue weighted by atomic mass is 31.2. The Bertz CT molecular complexity index is 1590. The first kappa shape index (κ1) is 75.2. The second-order valence-electron chi connectivity index (χ2n) is 22.8. The zero-order valence-corrected chi connectivity index (χ0v) is 52.3. The van der Waals surface area contributed by atoms with E-state index in [9.17, 15) is 19.0 Å². The summed E-state index contributed by atoms with van der Waals surface area (Å²) in [5, 5.41) is 0. The van der Waals surface area contributed by atoms with E-state index in [4.69, 9.17) is 18.5 Å². The number of nitrogens with zero attached hydrogens (tertiary/aromatic N) is 1. The molecule has 0 rings (SSSR count). The lowest BCUT2D eigenvalue weighted by molar-refractivity contribution is -0.870. The minimum absolute atomic E-state index is 0.0303. The Labute approximate surface area is 481 Å². The van der Waals surface area contributed by atoms with Gasteiger partial charge in [0.25, 0.3) is 0 Å². The van der Waals surface area contributed by atoms with Gasteiger partial charge in [0.2, 0.25) is 0 Å². The normalized spacial score (nSPS) is 13.8. The number of ether oxygens (including phenoxy) is 2. The number of phosphoric ester groups is 1. The molecule has 452 valence electrons. The van der Waals surface area contributed by atoms with E-state index >= 15 is 0 Å². The molecule has 78 heavy (non-hydrogen) atoms. The van der Waals surface area contributed by atoms with Crippen LogP contribution in [-0.2, 0) is 32.7 Å². The molecule has 0 saturated heterocycles. The third kappa shape index (κ3) is 62.4. The Morgan fingerprint density at radius 3 is 1.10 bits per heavy atom. The average molecular weight is 1110 g/mol. The van der Waals surface area contributed by atoms with Crippen molar-refractivity contribution in [3.8, 4) is 0 Å². The second-order valence-corrected chi connectivity index (χ2v) is 24.2. The summed E-state index contributed by atoms with van der Waals surface area (Å²) in [5.74, 6) is -0.799. The van der Waals surface area contributed by atoms with Crippen LogP contribution in [-0.4, -0.2) is 74.9 Å². The summed E-state index contributed by atoms with van der Waals surface area (Å²) in [4.78, 5) is 35.6. The number of quaternary nitrogens is 1. The van der Waals surface area contributed by atoms with Crippen LogP contribution in [0.4, 0.5) is 0 Å². The van der Waals surface area contributed by atoms with Crippen LogP contribution in [0, 0.1) is 0 Å². The van der Waals surface area contributed by atoms with Gasteiger partial charge in [-0.2, -0.15) is 0 Å². The Kier molecular flexibility index (Phi) is 56.7. The van der Waals surface area contributed by atoms with Crippen molar-refractivity contribution < 1.29 is 42.1 Å². The molecule has 0 spiro atoms. The summed E-state index contributed by atoms with van der Waals surface area (Å²) in [6.07, 6.45) is 79.8. The number of esters is 2. The Balaban J connectivity index is 3.90. The van der Waals surface area contributed by atoms with Gasteiger partial charge in [-0.05, 0) is 89.9 Å². The summed E-state index contributed by atoms with van der Waals surface area (Å²) in [7, 11) is 1.48. The van der Waals surface area contributed by atoms with E-state index in [1.807, 2.05) is 21.1 Å². The molecule has 2 unspecified atom stereocenters. The molecular formula is C68H123NO8P+. The maximum Gasteiger partial charge on any atom is 0.472 e. The zero-order chi connectivity index (χ0) is 57.0. The van der Waals surface area contributed by atoms with Gasteiger partial charge in [0, 0.05) is 12.8 Å². The fraction of sp³-hybridized carbons (Fsp3) is 0.765. The molecule has 0 aromatic rings. The molecule has 0 radical (unpaired) electrons. The van der Waals surface area contributed by atoms with Crippen molar-refractivity contribution in [3.63, 3.8) is 0 Å². The summed E-state index contributed by atoms with van der Waals surface area (Å²) >= 11 is 0. The maximum absolute atomic E-state index is 12.8. The van der Waals surface area contributed by atoms with Gasteiger partial charge in [-0.25, -0.2) is 4.57 Å². The first-order chi connectivity index (χ1) is 38.0. The quantitative estimate of drug-likeness (QED) is 0.0211. The van der Waals surface area contributed by atoms with Gasteiger partial charge in [0.05, 0.1) is 27.7 Å². The van der Waals surface area contributed by atoms with E-state index in [1.165, 1.54) is 161 Å². The molecule has 0 aromatic heterocycles. The van der Waals surface area contributed by atoms with Gasteiger partial charge >= 0.3 is 19.8 Å². The fourth-order valence-corrected chi connectivity index (χ4v) is 9.70. The van der Waals surface area contributed by atoms with Crippen molar-refractivity contribution in [1.82, 2.24) is 0 Å². The standard InChI is InChI=1S/C68H122NO8P/c1-6-8-10-12-14-16-18-20-21-22-23-24-25-26-27-28-29-30-31-32-33-34-35-36-37-38-39-40-41-42-43-44-45-46-47-49-51-53-55-57-59-61-68(71)77-66(65-76-78(72,73)75-63-62-69(3,4)5)64-74-67(70)60-58-56-54-52-50-48-19-17-15-13-11-9-7-2/h8,10,14,16-17,19-21,23-24,26-27,29-30,66H,6-7,9,11-13,15,18,22,25,28,31-65H2,1-5H3/p+1/b10-8-,16-14-,19-17-,21-20-,24-23-,27-26-,30-29-. The number of unbranched alkanes of at least 4 members (excludes halogenated alkanes) is 31. The number of rotatable bonds is 59. The lowest BCUT2D eigenvalue weighted by Crippen LogP contribution is -2.37. The first-order valence-corrected chi connectivity index (χ1v) is 33.8. The summed E-state index contributed by atoms with van der Waals surface area (Å²) in [6.45, 7) is 4.31. The minimum Gasteiger partial charge on any atom is -0.462 e. The molecule has 2 atom stereocenters. The Morgan fingerprint density at radius 2 is 0.731 bits per heavy atom. The average Bonchev–Trinajstić information content (AvgIpc) is 3.40. The topological polar surface area (TPSA) is 108 Å². The number of carbonyl (C=O) groups is 2. The number of phosphoric acid groups is 1. The fourth-order valence-electron chi connectivity index (χ4n) is 8.96. The van der Waals surface area contributed by atoms with Gasteiger partial charge in [-0.3, -0.25) is 18.6 Å². The largest absolute Gasteiger partial charge is 0.472 e. The van der Waals surface area contributed by atoms with E-state index < -0.39 is 26.5 Å². The molecular weight excluding hydrogens is 990 g/mol. The van der Waals surface area contributed by atoms with Crippen LogP contribution in [0.2, 0.25) is 0 Å². The molecule has 0 aliphatic rings. The number of likely N-dealkylation sites (N-methyl/N-ethyl adjacent to an activating group) is 1. The highest BCUT2D eigenvalue weighted by Gasteiger charge is 2.27. The van der Waals surface area contributed by atoms with Crippen LogP contribution in [0.25, 0.3) is 0 Å². The smallest absolute Gasteiger partial charge is 0.462 e. The van der Waals surface area contributed by atoms with Crippen molar-refractivity contribution in [2.24, 2.45) is 0 Å². The van der Waals surface area contributed by atoms with Gasteiger partial charge < -0.3 is 18.9 Å². The molecule has 0 fully saturated rings. The molecule has 10 heteroatoms. The predicted molar refractivity (Wildman–Crippen MR) is 335 cm³/mol. The number of hydrogen-bond acceptors (Lipinski definition) is 7. The predicted octanol–water partition coefficient (Wildman–Crippen LogP) is 20.6. The van der Waals surface area contributed by atoms with Crippen LogP contribution in [0.3, 0.4) is 0 Å². The van der Waals surface area contributed by atoms with Crippen molar-refractivity contribution in [3.05, 3.63) is 85.1 Å². The van der Waals surface area contributed by atoms with E-state index in [2.05, 4.69) is 98.9 Å². The monoisotopic (exact) mass is 1110 g/mol. The molecule has 9 nitrogen and oxygen atoms in total. The minimum atomic E-state index is -4.39. The lowest BCUT2D eigenvalue weighted by atomic mass is 10.0. The zero-order valence-electron chi connectivity index (χ0n) is 51.4.